The summed E-state index contributed by atoms with van der Waals surface area (Å²) in [6, 6.07) is 7.27. The number of hydrogen-bond acceptors (Lipinski definition) is 5. The van der Waals surface area contributed by atoms with E-state index in [1.54, 1.807) is 26.2 Å². The van der Waals surface area contributed by atoms with Crippen LogP contribution in [-0.4, -0.2) is 26.2 Å². The molecule has 90 valence electrons. The average Bonchev–Trinajstić information content (AvgIpc) is 2.31. The topological polar surface area (TPSA) is 87.6 Å². The first-order valence-corrected chi connectivity index (χ1v) is 4.89. The van der Waals surface area contributed by atoms with E-state index in [0.29, 0.717) is 6.61 Å². The number of nitrogens with two attached hydrogens (primary N) is 2. The van der Waals surface area contributed by atoms with Crippen LogP contribution in [0.25, 0.3) is 0 Å². The smallest absolute Gasteiger partial charge is 0.319 e. The molecule has 1 rings (SSSR count). The number of carbonyl (C=O) groups excluding carboxylic acids is 1. The number of anilines is 1. The Bertz CT molecular complexity index is 299. The van der Waals surface area contributed by atoms with Gasteiger partial charge >= 0.3 is 5.97 Å². The molecule has 0 saturated heterocycles. The minimum absolute atomic E-state index is 0.0200. The molecule has 0 aliphatic carbocycles. The van der Waals surface area contributed by atoms with Gasteiger partial charge in [-0.2, -0.15) is 0 Å². The van der Waals surface area contributed by atoms with Crippen molar-refractivity contribution in [3.8, 4) is 5.75 Å². The fraction of sp³-hybridized carbons (Fsp3) is 0.364. The predicted molar refractivity (Wildman–Crippen MR) is 63.1 cm³/mol. The summed E-state index contributed by atoms with van der Waals surface area (Å²) in [7, 11) is 1.63. The first-order valence-electron chi connectivity index (χ1n) is 4.89. The summed E-state index contributed by atoms with van der Waals surface area (Å²) < 4.78 is 9.34. The molecule has 5 nitrogen and oxygen atoms in total. The Morgan fingerprint density at radius 3 is 2.19 bits per heavy atom. The number of ether oxygens (including phenoxy) is 2. The van der Waals surface area contributed by atoms with Crippen molar-refractivity contribution in [1.29, 1.82) is 0 Å². The zero-order chi connectivity index (χ0) is 12.4. The molecule has 0 heterocycles. The fourth-order valence-corrected chi connectivity index (χ4v) is 0.824. The predicted octanol–water partition coefficient (Wildman–Crippen LogP) is 0.786. The summed E-state index contributed by atoms with van der Waals surface area (Å²) in [6.45, 7) is 2.14. The second-order valence-electron chi connectivity index (χ2n) is 2.78. The average molecular weight is 226 g/mol. The summed E-state index contributed by atoms with van der Waals surface area (Å²) in [5.41, 5.74) is 11.1. The number of rotatable bonds is 3. The number of carbonyl (C=O) groups is 1. The van der Waals surface area contributed by atoms with E-state index in [4.69, 9.17) is 16.2 Å². The van der Waals surface area contributed by atoms with Crippen molar-refractivity contribution < 1.29 is 14.3 Å². The third-order valence-electron chi connectivity index (χ3n) is 1.59. The van der Waals surface area contributed by atoms with Crippen LogP contribution in [0.2, 0.25) is 0 Å². The van der Waals surface area contributed by atoms with Gasteiger partial charge in [0.15, 0.2) is 0 Å². The van der Waals surface area contributed by atoms with Gasteiger partial charge in [-0.3, -0.25) is 4.79 Å². The molecule has 0 unspecified atom stereocenters. The van der Waals surface area contributed by atoms with Crippen LogP contribution in [0.5, 0.6) is 5.75 Å². The lowest BCUT2D eigenvalue weighted by Gasteiger charge is -1.97. The lowest BCUT2D eigenvalue weighted by molar-refractivity contribution is -0.141. The highest BCUT2D eigenvalue weighted by Gasteiger charge is 1.91. The Labute approximate surface area is 95.3 Å². The largest absolute Gasteiger partial charge is 0.497 e. The van der Waals surface area contributed by atoms with Crippen LogP contribution in [0.15, 0.2) is 24.3 Å². The minimum atomic E-state index is -0.345. The van der Waals surface area contributed by atoms with Crippen LogP contribution in [0.1, 0.15) is 6.92 Å². The monoisotopic (exact) mass is 226 g/mol. The molecular formula is C11H18N2O3. The molecule has 5 heteroatoms. The summed E-state index contributed by atoms with van der Waals surface area (Å²) in [5.74, 6) is 0.492. The molecule has 16 heavy (non-hydrogen) atoms. The Kier molecular flexibility index (Phi) is 7.61. The molecule has 0 atom stereocenters. The summed E-state index contributed by atoms with van der Waals surface area (Å²) in [5, 5.41) is 0. The van der Waals surface area contributed by atoms with Crippen LogP contribution in [0, 0.1) is 0 Å². The number of hydrogen-bond donors (Lipinski definition) is 2. The van der Waals surface area contributed by atoms with Gasteiger partial charge in [-0.15, -0.1) is 0 Å². The van der Waals surface area contributed by atoms with E-state index in [2.05, 4.69) is 4.74 Å². The Balaban J connectivity index is 0.000000293. The van der Waals surface area contributed by atoms with Crippen molar-refractivity contribution in [3.05, 3.63) is 24.3 Å². The van der Waals surface area contributed by atoms with Crippen molar-refractivity contribution in [1.82, 2.24) is 0 Å². The van der Waals surface area contributed by atoms with E-state index in [0.717, 1.165) is 11.4 Å². The summed E-state index contributed by atoms with van der Waals surface area (Å²) in [4.78, 5) is 10.1. The molecular weight excluding hydrogens is 208 g/mol. The van der Waals surface area contributed by atoms with Gasteiger partial charge in [0.2, 0.25) is 0 Å². The fourth-order valence-electron chi connectivity index (χ4n) is 0.824. The van der Waals surface area contributed by atoms with E-state index >= 15 is 0 Å². The van der Waals surface area contributed by atoms with Crippen molar-refractivity contribution in [2.24, 2.45) is 5.73 Å². The van der Waals surface area contributed by atoms with Crippen LogP contribution >= 0.6 is 0 Å². The zero-order valence-electron chi connectivity index (χ0n) is 9.60. The van der Waals surface area contributed by atoms with E-state index < -0.39 is 0 Å². The quantitative estimate of drug-likeness (QED) is 0.587. The SMILES string of the molecule is CCOC(=O)CN.COc1ccc(N)cc1. The first kappa shape index (κ1) is 14.2. The molecule has 0 aliphatic heterocycles. The highest BCUT2D eigenvalue weighted by atomic mass is 16.5. The lowest BCUT2D eigenvalue weighted by Crippen LogP contribution is -2.16. The number of benzene rings is 1. The summed E-state index contributed by atoms with van der Waals surface area (Å²) in [6.07, 6.45) is 0. The van der Waals surface area contributed by atoms with Gasteiger partial charge in [0, 0.05) is 5.69 Å². The zero-order valence-corrected chi connectivity index (χ0v) is 9.60. The van der Waals surface area contributed by atoms with E-state index in [1.807, 2.05) is 12.1 Å². The van der Waals surface area contributed by atoms with Crippen LogP contribution in [0.4, 0.5) is 5.69 Å². The van der Waals surface area contributed by atoms with Crippen molar-refractivity contribution in [2.45, 2.75) is 6.92 Å². The molecule has 0 spiro atoms. The highest BCUT2D eigenvalue weighted by Crippen LogP contribution is 2.11. The van der Waals surface area contributed by atoms with Gasteiger partial charge in [0.05, 0.1) is 20.3 Å². The van der Waals surface area contributed by atoms with Crippen molar-refractivity contribution in [3.63, 3.8) is 0 Å². The van der Waals surface area contributed by atoms with Gasteiger partial charge in [-0.25, -0.2) is 0 Å². The van der Waals surface area contributed by atoms with E-state index in [-0.39, 0.29) is 12.5 Å². The van der Waals surface area contributed by atoms with Crippen LogP contribution in [-0.2, 0) is 9.53 Å². The third-order valence-corrected chi connectivity index (χ3v) is 1.59. The van der Waals surface area contributed by atoms with Gasteiger partial charge < -0.3 is 20.9 Å². The lowest BCUT2D eigenvalue weighted by atomic mass is 10.3. The molecule has 1 aromatic carbocycles. The second kappa shape index (κ2) is 8.55. The van der Waals surface area contributed by atoms with Gasteiger partial charge in [-0.05, 0) is 31.2 Å². The Hall–Kier alpha value is -1.75. The number of nitrogen functional groups attached to an aromatic ring is 1. The normalized spacial score (nSPS) is 8.69. The van der Waals surface area contributed by atoms with E-state index in [1.165, 1.54) is 0 Å². The molecule has 0 aromatic heterocycles. The maximum atomic E-state index is 10.1. The summed E-state index contributed by atoms with van der Waals surface area (Å²) >= 11 is 0. The molecule has 1 aromatic rings. The van der Waals surface area contributed by atoms with Crippen molar-refractivity contribution in [2.75, 3.05) is 26.0 Å². The number of methoxy groups -OCH3 is 1. The van der Waals surface area contributed by atoms with Crippen LogP contribution < -0.4 is 16.2 Å². The Morgan fingerprint density at radius 1 is 1.31 bits per heavy atom. The first-order chi connectivity index (χ1) is 7.63. The molecule has 0 radical (unpaired) electrons. The minimum Gasteiger partial charge on any atom is -0.497 e. The maximum absolute atomic E-state index is 10.1. The molecule has 0 fully saturated rings. The molecule has 0 saturated carbocycles. The van der Waals surface area contributed by atoms with Gasteiger partial charge in [0.1, 0.15) is 5.75 Å². The van der Waals surface area contributed by atoms with Gasteiger partial charge in [0.25, 0.3) is 0 Å². The molecule has 4 N–H and O–H groups in total. The van der Waals surface area contributed by atoms with E-state index in [9.17, 15) is 4.79 Å². The second-order valence-corrected chi connectivity index (χ2v) is 2.78. The van der Waals surface area contributed by atoms with Crippen LogP contribution in [0.3, 0.4) is 0 Å². The molecule has 0 bridgehead atoms. The highest BCUT2D eigenvalue weighted by molar-refractivity contribution is 5.71. The Morgan fingerprint density at radius 2 is 1.88 bits per heavy atom. The maximum Gasteiger partial charge on any atom is 0.319 e. The van der Waals surface area contributed by atoms with Crippen molar-refractivity contribution >= 4 is 11.7 Å². The van der Waals surface area contributed by atoms with Gasteiger partial charge in [-0.1, -0.05) is 0 Å². The standard InChI is InChI=1S/C7H9NO.C4H9NO2/c1-9-7-4-2-6(8)3-5-7;1-2-7-4(6)3-5/h2-5H,8H2,1H3;2-3,5H2,1H3. The molecule has 0 amide bonds. The third kappa shape index (κ3) is 6.67. The molecule has 0 aliphatic rings. The number of esters is 1.